The Morgan fingerprint density at radius 2 is 2.06 bits per heavy atom. The van der Waals surface area contributed by atoms with E-state index in [-0.39, 0.29) is 0 Å². The van der Waals surface area contributed by atoms with Crippen molar-refractivity contribution in [1.29, 1.82) is 0 Å². The van der Waals surface area contributed by atoms with Gasteiger partial charge in [0, 0.05) is 37.2 Å². The molecule has 0 spiro atoms. The normalized spacial score (nSPS) is 12.6. The van der Waals surface area contributed by atoms with Gasteiger partial charge in [0.1, 0.15) is 0 Å². The molecule has 1 aromatic rings. The highest BCUT2D eigenvalue weighted by Crippen LogP contribution is 2.02. The smallest absolute Gasteiger partial charge is 0.209 e. The summed E-state index contributed by atoms with van der Waals surface area (Å²) in [5, 5.41) is 3.14. The first-order chi connectivity index (χ1) is 7.79. The Morgan fingerprint density at radius 1 is 1.35 bits per heavy atom. The molecular weight excluding hydrogens is 240 g/mol. The molecule has 2 N–H and O–H groups in total. The molecule has 6 nitrogen and oxygen atoms in total. The minimum absolute atomic E-state index is 0.511. The molecule has 0 aromatic carbocycles. The third-order valence-corrected chi connectivity index (χ3v) is 2.87. The van der Waals surface area contributed by atoms with Crippen molar-refractivity contribution < 1.29 is 8.42 Å². The van der Waals surface area contributed by atoms with E-state index < -0.39 is 15.6 Å². The fourth-order valence-electron chi connectivity index (χ4n) is 1.46. The average molecular weight is 258 g/mol. The van der Waals surface area contributed by atoms with Crippen LogP contribution in [-0.4, -0.2) is 36.7 Å². The van der Waals surface area contributed by atoms with E-state index in [1.54, 1.807) is 18.6 Å². The van der Waals surface area contributed by atoms with Crippen LogP contribution >= 0.6 is 0 Å². The Morgan fingerprint density at radius 3 is 2.59 bits per heavy atom. The topological polar surface area (TPSA) is 84.0 Å². The summed E-state index contributed by atoms with van der Waals surface area (Å²) in [5.41, 5.74) is 0.290. The van der Waals surface area contributed by atoms with E-state index in [0.717, 1.165) is 11.9 Å². The largest absolute Gasteiger partial charge is 0.309 e. The monoisotopic (exact) mass is 258 g/mol. The van der Waals surface area contributed by atoms with E-state index in [0.29, 0.717) is 13.1 Å². The second-order valence-electron chi connectivity index (χ2n) is 4.56. The number of nitrogens with zero attached hydrogens (tertiary/aromatic N) is 2. The molecule has 0 unspecified atom stereocenters. The van der Waals surface area contributed by atoms with E-state index in [1.807, 2.05) is 13.8 Å². The Bertz CT molecular complexity index is 445. The minimum Gasteiger partial charge on any atom is -0.309 e. The minimum atomic E-state index is -3.19. The van der Waals surface area contributed by atoms with Crippen molar-refractivity contribution in [3.05, 3.63) is 24.3 Å². The number of hydrogen-bond donors (Lipinski definition) is 2. The van der Waals surface area contributed by atoms with Gasteiger partial charge in [0.05, 0.1) is 11.9 Å². The van der Waals surface area contributed by atoms with E-state index in [4.69, 9.17) is 0 Å². The summed E-state index contributed by atoms with van der Waals surface area (Å²) in [7, 11) is -3.19. The summed E-state index contributed by atoms with van der Waals surface area (Å²) in [6.07, 6.45) is 6.05. The number of rotatable bonds is 6. The van der Waals surface area contributed by atoms with Crippen molar-refractivity contribution in [2.75, 3.05) is 12.8 Å². The van der Waals surface area contributed by atoms with Crippen LogP contribution in [0, 0.1) is 0 Å². The van der Waals surface area contributed by atoms with Gasteiger partial charge < -0.3 is 5.32 Å². The van der Waals surface area contributed by atoms with Gasteiger partial charge in [0.25, 0.3) is 0 Å². The second kappa shape index (κ2) is 5.52. The quantitative estimate of drug-likeness (QED) is 0.744. The fraction of sp³-hybridized carbons (Fsp3) is 0.600. The van der Waals surface area contributed by atoms with Crippen LogP contribution in [0.2, 0.25) is 0 Å². The van der Waals surface area contributed by atoms with Crippen LogP contribution in [0.1, 0.15) is 19.5 Å². The first kappa shape index (κ1) is 14.0. The van der Waals surface area contributed by atoms with Gasteiger partial charge in [0.15, 0.2) is 0 Å². The number of aromatic nitrogens is 2. The average Bonchev–Trinajstić information content (AvgIpc) is 2.15. The first-order valence-electron chi connectivity index (χ1n) is 5.23. The number of hydrogen-bond acceptors (Lipinski definition) is 5. The van der Waals surface area contributed by atoms with Crippen molar-refractivity contribution in [1.82, 2.24) is 20.0 Å². The lowest BCUT2D eigenvalue weighted by molar-refractivity contribution is 0.419. The zero-order chi connectivity index (χ0) is 12.9. The molecule has 0 bridgehead atoms. The molecule has 7 heteroatoms. The Balaban J connectivity index is 2.40. The van der Waals surface area contributed by atoms with Crippen LogP contribution in [0.3, 0.4) is 0 Å². The molecule has 1 rings (SSSR count). The van der Waals surface area contributed by atoms with Gasteiger partial charge in [-0.2, -0.15) is 0 Å². The molecule has 0 atom stereocenters. The lowest BCUT2D eigenvalue weighted by atomic mass is 10.1. The van der Waals surface area contributed by atoms with Crippen LogP contribution in [0.15, 0.2) is 18.6 Å². The van der Waals surface area contributed by atoms with E-state index in [9.17, 15) is 8.42 Å². The molecule has 0 saturated heterocycles. The van der Waals surface area contributed by atoms with E-state index >= 15 is 0 Å². The zero-order valence-electron chi connectivity index (χ0n) is 10.3. The van der Waals surface area contributed by atoms with Crippen LogP contribution in [0.4, 0.5) is 0 Å². The molecule has 0 saturated carbocycles. The van der Waals surface area contributed by atoms with Gasteiger partial charge in [-0.3, -0.25) is 9.97 Å². The highest BCUT2D eigenvalue weighted by molar-refractivity contribution is 7.88. The summed E-state index contributed by atoms with van der Waals surface area (Å²) < 4.78 is 24.8. The highest BCUT2D eigenvalue weighted by atomic mass is 32.2. The lowest BCUT2D eigenvalue weighted by Crippen LogP contribution is -2.49. The Labute approximate surface area is 102 Å². The fourth-order valence-corrected chi connectivity index (χ4v) is 2.54. The summed E-state index contributed by atoms with van der Waals surface area (Å²) in [6.45, 7) is 4.70. The molecule has 0 radical (unpaired) electrons. The Hall–Kier alpha value is -1.05. The molecule has 0 amide bonds. The van der Waals surface area contributed by atoms with Gasteiger partial charge in [-0.05, 0) is 13.8 Å². The number of nitrogens with one attached hydrogen (secondary N) is 2. The van der Waals surface area contributed by atoms with Crippen LogP contribution < -0.4 is 10.0 Å². The summed E-state index contributed by atoms with van der Waals surface area (Å²) in [6, 6.07) is 0. The van der Waals surface area contributed by atoms with Crippen molar-refractivity contribution in [2.24, 2.45) is 0 Å². The highest BCUT2D eigenvalue weighted by Gasteiger charge is 2.21. The van der Waals surface area contributed by atoms with Gasteiger partial charge in [-0.1, -0.05) is 0 Å². The molecule has 0 fully saturated rings. The molecule has 0 aliphatic carbocycles. The predicted molar refractivity (Wildman–Crippen MR) is 65.8 cm³/mol. The van der Waals surface area contributed by atoms with Crippen molar-refractivity contribution >= 4 is 10.0 Å². The molecule has 0 aliphatic heterocycles. The van der Waals surface area contributed by atoms with Gasteiger partial charge in [-0.15, -0.1) is 0 Å². The van der Waals surface area contributed by atoms with Gasteiger partial charge in [-0.25, -0.2) is 13.1 Å². The van der Waals surface area contributed by atoms with Crippen LogP contribution in [0.25, 0.3) is 0 Å². The molecule has 0 aliphatic rings. The van der Waals surface area contributed by atoms with Crippen LogP contribution in [-0.2, 0) is 16.6 Å². The van der Waals surface area contributed by atoms with E-state index in [1.165, 1.54) is 0 Å². The summed E-state index contributed by atoms with van der Waals surface area (Å²) in [5.74, 6) is 0. The maximum atomic E-state index is 11.1. The summed E-state index contributed by atoms with van der Waals surface area (Å²) in [4.78, 5) is 8.05. The Kier molecular flexibility index (Phi) is 4.55. The zero-order valence-corrected chi connectivity index (χ0v) is 11.1. The number of sulfonamides is 1. The standard InChI is InChI=1S/C10H18N4O2S/c1-10(2,14-17(3,15)16)8-12-7-9-6-11-4-5-13-9/h4-6,12,14H,7-8H2,1-3H3. The lowest BCUT2D eigenvalue weighted by Gasteiger charge is -2.25. The predicted octanol–water partition coefficient (Wildman–Crippen LogP) is -0.106. The van der Waals surface area contributed by atoms with Gasteiger partial charge >= 0.3 is 0 Å². The molecule has 17 heavy (non-hydrogen) atoms. The molecular formula is C10H18N4O2S. The van der Waals surface area contributed by atoms with Crippen molar-refractivity contribution in [3.63, 3.8) is 0 Å². The van der Waals surface area contributed by atoms with E-state index in [2.05, 4.69) is 20.0 Å². The third-order valence-electron chi connectivity index (χ3n) is 1.95. The maximum absolute atomic E-state index is 11.1. The maximum Gasteiger partial charge on any atom is 0.209 e. The second-order valence-corrected chi connectivity index (χ2v) is 6.31. The SMILES string of the molecule is CC(C)(CNCc1cnccn1)NS(C)(=O)=O. The van der Waals surface area contributed by atoms with Crippen LogP contribution in [0.5, 0.6) is 0 Å². The van der Waals surface area contributed by atoms with Gasteiger partial charge in [0.2, 0.25) is 10.0 Å². The summed E-state index contributed by atoms with van der Waals surface area (Å²) >= 11 is 0. The van der Waals surface area contributed by atoms with Crippen molar-refractivity contribution in [2.45, 2.75) is 25.9 Å². The third kappa shape index (κ3) is 6.30. The first-order valence-corrected chi connectivity index (χ1v) is 7.12. The molecule has 96 valence electrons. The molecule has 1 heterocycles. The molecule has 1 aromatic heterocycles. The van der Waals surface area contributed by atoms with Crippen molar-refractivity contribution in [3.8, 4) is 0 Å².